The van der Waals surface area contributed by atoms with Crippen LogP contribution in [0.4, 0.5) is 4.39 Å². The number of benzene rings is 1. The van der Waals surface area contributed by atoms with Crippen molar-refractivity contribution >= 4 is 15.8 Å². The lowest BCUT2D eigenvalue weighted by atomic mass is 10.1. The van der Waals surface area contributed by atoms with Crippen molar-refractivity contribution in [1.82, 2.24) is 4.72 Å². The van der Waals surface area contributed by atoms with Gasteiger partial charge in [0.25, 0.3) is 0 Å². The van der Waals surface area contributed by atoms with E-state index in [1.807, 2.05) is 13.8 Å². The minimum absolute atomic E-state index is 0.113. The fourth-order valence-electron chi connectivity index (χ4n) is 1.32. The molecule has 0 saturated heterocycles. The number of sulfonamides is 1. The molecule has 4 nitrogen and oxygen atoms in total. The van der Waals surface area contributed by atoms with Gasteiger partial charge in [-0.25, -0.2) is 17.5 Å². The van der Waals surface area contributed by atoms with Crippen molar-refractivity contribution in [2.75, 3.05) is 0 Å². The highest BCUT2D eigenvalue weighted by Crippen LogP contribution is 2.15. The van der Waals surface area contributed by atoms with Crippen molar-refractivity contribution in [3.63, 3.8) is 0 Å². The predicted octanol–water partition coefficient (Wildman–Crippen LogP) is 2.74. The second-order valence-electron chi connectivity index (χ2n) is 3.97. The van der Waals surface area contributed by atoms with Gasteiger partial charge in [0, 0.05) is 6.04 Å². The summed E-state index contributed by atoms with van der Waals surface area (Å²) < 4.78 is 39.2. The highest BCUT2D eigenvalue weighted by molar-refractivity contribution is 7.89. The molecule has 0 bridgehead atoms. The fourth-order valence-corrected chi connectivity index (χ4v) is 2.60. The van der Waals surface area contributed by atoms with Gasteiger partial charge in [0.15, 0.2) is 5.78 Å². The first-order valence-electron chi connectivity index (χ1n) is 6.07. The Morgan fingerprint density at radius 3 is 2.21 bits per heavy atom. The standard InChI is InChI=1S/C11H14FNO3S.C2H6/c1-7(2)13-17(15,16)9-4-5-11(12)10(6-9)8(3)14;1-2/h4-7,13H,1-3H3;1-2H3. The molecule has 0 amide bonds. The van der Waals surface area contributed by atoms with Crippen LogP contribution in [0.15, 0.2) is 23.1 Å². The van der Waals surface area contributed by atoms with E-state index in [-0.39, 0.29) is 16.5 Å². The lowest BCUT2D eigenvalue weighted by Gasteiger charge is -2.10. The number of nitrogens with one attached hydrogen (secondary N) is 1. The summed E-state index contributed by atoms with van der Waals surface area (Å²) in [4.78, 5) is 11.0. The summed E-state index contributed by atoms with van der Waals surface area (Å²) >= 11 is 0. The Morgan fingerprint density at radius 2 is 1.79 bits per heavy atom. The number of rotatable bonds is 4. The minimum atomic E-state index is -3.70. The molecular formula is C13H20FNO3S. The van der Waals surface area contributed by atoms with Crippen LogP contribution in [-0.2, 0) is 10.0 Å². The van der Waals surface area contributed by atoms with Crippen LogP contribution >= 0.6 is 0 Å². The molecule has 108 valence electrons. The van der Waals surface area contributed by atoms with Crippen molar-refractivity contribution in [1.29, 1.82) is 0 Å². The topological polar surface area (TPSA) is 63.2 Å². The normalized spacial score (nSPS) is 10.9. The number of carbonyl (C=O) groups excluding carboxylic acids is 1. The molecule has 6 heteroatoms. The third kappa shape index (κ3) is 5.08. The first-order valence-corrected chi connectivity index (χ1v) is 7.55. The monoisotopic (exact) mass is 289 g/mol. The van der Waals surface area contributed by atoms with Crippen molar-refractivity contribution in [3.8, 4) is 0 Å². The lowest BCUT2D eigenvalue weighted by Crippen LogP contribution is -2.30. The maximum atomic E-state index is 13.2. The van der Waals surface area contributed by atoms with Crippen LogP contribution in [0, 0.1) is 5.82 Å². The summed E-state index contributed by atoms with van der Waals surface area (Å²) in [6.07, 6.45) is 0. The third-order valence-corrected chi connectivity index (χ3v) is 3.67. The van der Waals surface area contributed by atoms with E-state index in [1.165, 1.54) is 6.92 Å². The van der Waals surface area contributed by atoms with E-state index >= 15 is 0 Å². The van der Waals surface area contributed by atoms with Crippen LogP contribution in [0.2, 0.25) is 0 Å². The van der Waals surface area contributed by atoms with Gasteiger partial charge >= 0.3 is 0 Å². The number of hydrogen-bond donors (Lipinski definition) is 1. The third-order valence-electron chi connectivity index (χ3n) is 2.02. The summed E-state index contributed by atoms with van der Waals surface area (Å²) in [5, 5.41) is 0. The summed E-state index contributed by atoms with van der Waals surface area (Å²) in [6, 6.07) is 2.88. The van der Waals surface area contributed by atoms with Crippen molar-refractivity contribution in [2.45, 2.75) is 45.6 Å². The number of hydrogen-bond acceptors (Lipinski definition) is 3. The fraction of sp³-hybridized carbons (Fsp3) is 0.462. The van der Waals surface area contributed by atoms with Crippen molar-refractivity contribution in [3.05, 3.63) is 29.6 Å². The van der Waals surface area contributed by atoms with Gasteiger partial charge in [0.1, 0.15) is 5.82 Å². The Hall–Kier alpha value is -1.27. The molecule has 19 heavy (non-hydrogen) atoms. The molecule has 0 atom stereocenters. The average Bonchev–Trinajstić information content (AvgIpc) is 2.29. The van der Waals surface area contributed by atoms with Crippen molar-refractivity contribution in [2.24, 2.45) is 0 Å². The van der Waals surface area contributed by atoms with Gasteiger partial charge in [0.2, 0.25) is 10.0 Å². The molecule has 1 rings (SSSR count). The van der Waals surface area contributed by atoms with Gasteiger partial charge in [-0.1, -0.05) is 13.8 Å². The molecule has 0 unspecified atom stereocenters. The molecule has 0 radical (unpaired) electrons. The molecule has 0 aliphatic heterocycles. The summed E-state index contributed by atoms with van der Waals surface area (Å²) in [7, 11) is -3.70. The van der Waals surface area contributed by atoms with Gasteiger partial charge in [-0.3, -0.25) is 4.79 Å². The Kier molecular flexibility index (Phi) is 6.86. The van der Waals surface area contributed by atoms with E-state index in [9.17, 15) is 17.6 Å². The molecule has 0 aromatic heterocycles. The Bertz CT molecular complexity index is 539. The molecule has 0 fully saturated rings. The zero-order chi connectivity index (χ0) is 15.2. The summed E-state index contributed by atoms with van der Waals surface area (Å²) in [5.74, 6) is -1.23. The Morgan fingerprint density at radius 1 is 1.26 bits per heavy atom. The van der Waals surface area contributed by atoms with Gasteiger partial charge in [-0.05, 0) is 39.0 Å². The molecular weight excluding hydrogens is 269 g/mol. The predicted molar refractivity (Wildman–Crippen MR) is 73.2 cm³/mol. The van der Waals surface area contributed by atoms with E-state index in [2.05, 4.69) is 4.72 Å². The molecule has 0 aliphatic rings. The van der Waals surface area contributed by atoms with Gasteiger partial charge in [0.05, 0.1) is 10.5 Å². The quantitative estimate of drug-likeness (QED) is 0.867. The number of Topliss-reactive ketones (excluding diaryl/α,β-unsaturated/α-hetero) is 1. The summed E-state index contributed by atoms with van der Waals surface area (Å²) in [5.41, 5.74) is -0.225. The van der Waals surface area contributed by atoms with Crippen LogP contribution < -0.4 is 4.72 Å². The molecule has 0 spiro atoms. The zero-order valence-corrected chi connectivity index (χ0v) is 12.6. The number of ketones is 1. The smallest absolute Gasteiger partial charge is 0.240 e. The Labute approximate surface area is 114 Å². The first-order chi connectivity index (χ1) is 8.74. The van der Waals surface area contributed by atoms with E-state index in [4.69, 9.17) is 0 Å². The summed E-state index contributed by atoms with van der Waals surface area (Å²) in [6.45, 7) is 8.53. The van der Waals surface area contributed by atoms with Gasteiger partial charge in [-0.15, -0.1) is 0 Å². The average molecular weight is 289 g/mol. The van der Waals surface area contributed by atoms with E-state index in [0.29, 0.717) is 0 Å². The molecule has 1 aromatic rings. The minimum Gasteiger partial charge on any atom is -0.294 e. The van der Waals surface area contributed by atoms with E-state index in [0.717, 1.165) is 18.2 Å². The maximum Gasteiger partial charge on any atom is 0.240 e. The highest BCUT2D eigenvalue weighted by Gasteiger charge is 2.18. The molecule has 0 heterocycles. The second-order valence-corrected chi connectivity index (χ2v) is 5.69. The lowest BCUT2D eigenvalue weighted by molar-refractivity contribution is 0.101. The second kappa shape index (κ2) is 7.35. The molecule has 1 N–H and O–H groups in total. The SMILES string of the molecule is CC.CC(=O)c1cc(S(=O)(=O)NC(C)C)ccc1F. The van der Waals surface area contributed by atoms with Gasteiger partial charge < -0.3 is 0 Å². The highest BCUT2D eigenvalue weighted by atomic mass is 32.2. The Balaban J connectivity index is 0.00000154. The van der Waals surface area contributed by atoms with E-state index in [1.54, 1.807) is 13.8 Å². The van der Waals surface area contributed by atoms with Crippen LogP contribution in [0.5, 0.6) is 0 Å². The van der Waals surface area contributed by atoms with Crippen LogP contribution in [0.1, 0.15) is 45.0 Å². The largest absolute Gasteiger partial charge is 0.294 e. The zero-order valence-electron chi connectivity index (χ0n) is 11.8. The van der Waals surface area contributed by atoms with Crippen molar-refractivity contribution < 1.29 is 17.6 Å². The van der Waals surface area contributed by atoms with Crippen LogP contribution in [0.25, 0.3) is 0 Å². The maximum absolute atomic E-state index is 13.2. The molecule has 1 aromatic carbocycles. The number of halogens is 1. The van der Waals surface area contributed by atoms with Gasteiger partial charge in [-0.2, -0.15) is 0 Å². The van der Waals surface area contributed by atoms with E-state index < -0.39 is 21.6 Å². The van der Waals surface area contributed by atoms with Crippen LogP contribution in [-0.4, -0.2) is 20.2 Å². The molecule has 0 saturated carbocycles. The first kappa shape index (κ1) is 17.7. The van der Waals surface area contributed by atoms with Crippen LogP contribution in [0.3, 0.4) is 0 Å². The number of carbonyl (C=O) groups is 1. The molecule has 0 aliphatic carbocycles.